The minimum atomic E-state index is -0.752. The Hall–Kier alpha value is -3.28. The zero-order valence-electron chi connectivity index (χ0n) is 12.1. The zero-order valence-corrected chi connectivity index (χ0v) is 12.1. The lowest BCUT2D eigenvalue weighted by Crippen LogP contribution is -2.04. The molecule has 3 aromatic heterocycles. The average Bonchev–Trinajstić information content (AvgIpc) is 2.86. The van der Waals surface area contributed by atoms with E-state index in [-0.39, 0.29) is 28.5 Å². The lowest BCUT2D eigenvalue weighted by Gasteiger charge is -2.04. The molecule has 2 N–H and O–H groups in total. The van der Waals surface area contributed by atoms with E-state index in [1.165, 1.54) is 4.40 Å². The number of para-hydroxylation sites is 1. The molecule has 0 bridgehead atoms. The Morgan fingerprint density at radius 1 is 1.13 bits per heavy atom. The van der Waals surface area contributed by atoms with E-state index in [0.717, 1.165) is 5.56 Å². The maximum atomic E-state index is 12.3. The van der Waals surface area contributed by atoms with Crippen LogP contribution >= 0.6 is 0 Å². The van der Waals surface area contributed by atoms with Gasteiger partial charge in [-0.1, -0.05) is 18.2 Å². The van der Waals surface area contributed by atoms with Crippen molar-refractivity contribution in [3.63, 3.8) is 0 Å². The Kier molecular flexibility index (Phi) is 2.68. The first-order chi connectivity index (χ1) is 11.1. The standard InChI is InChI=1S/C17H12N2O4/c1-9-5-4-8-19-15(9)18-13(16(19)21)12-14(20)10-6-2-3-7-11(10)23-17(12)22/h2-8,20-21H,1H3. The quantitative estimate of drug-likeness (QED) is 0.528. The van der Waals surface area contributed by atoms with Crippen LogP contribution in [0.2, 0.25) is 0 Å². The van der Waals surface area contributed by atoms with Crippen molar-refractivity contribution >= 4 is 16.6 Å². The fourth-order valence-electron chi connectivity index (χ4n) is 2.70. The summed E-state index contributed by atoms with van der Waals surface area (Å²) >= 11 is 0. The Morgan fingerprint density at radius 3 is 2.70 bits per heavy atom. The number of imidazole rings is 1. The number of nitrogens with zero attached hydrogens (tertiary/aromatic N) is 2. The number of fused-ring (bicyclic) bond motifs is 2. The van der Waals surface area contributed by atoms with Crippen molar-refractivity contribution in [2.75, 3.05) is 0 Å². The first-order valence-corrected chi connectivity index (χ1v) is 6.99. The fraction of sp³-hybridized carbons (Fsp3) is 0.0588. The largest absolute Gasteiger partial charge is 0.506 e. The van der Waals surface area contributed by atoms with Gasteiger partial charge < -0.3 is 14.6 Å². The number of benzene rings is 1. The van der Waals surface area contributed by atoms with E-state index in [0.29, 0.717) is 11.0 Å². The molecule has 0 aliphatic heterocycles. The van der Waals surface area contributed by atoms with Crippen molar-refractivity contribution < 1.29 is 14.6 Å². The molecule has 0 amide bonds. The summed E-state index contributed by atoms with van der Waals surface area (Å²) in [5, 5.41) is 21.3. The van der Waals surface area contributed by atoms with Crippen LogP contribution in [0.25, 0.3) is 27.9 Å². The molecule has 0 atom stereocenters. The molecular formula is C17H12N2O4. The highest BCUT2D eigenvalue weighted by Gasteiger charge is 2.23. The second kappa shape index (κ2) is 4.61. The predicted octanol–water partition coefficient (Wildman–Crippen LogP) is 2.83. The molecule has 3 heterocycles. The maximum absolute atomic E-state index is 12.3. The summed E-state index contributed by atoms with van der Waals surface area (Å²) in [6.07, 6.45) is 1.63. The van der Waals surface area contributed by atoms with Gasteiger partial charge in [0.15, 0.2) is 0 Å². The van der Waals surface area contributed by atoms with Gasteiger partial charge in [0.1, 0.15) is 28.2 Å². The highest BCUT2D eigenvalue weighted by molar-refractivity contribution is 5.90. The SMILES string of the molecule is Cc1cccn2c(O)c(-c3c(O)c4ccccc4oc3=O)nc12. The topological polar surface area (TPSA) is 88.0 Å². The maximum Gasteiger partial charge on any atom is 0.349 e. The number of hydrogen-bond acceptors (Lipinski definition) is 5. The number of hydrogen-bond donors (Lipinski definition) is 2. The molecule has 0 spiro atoms. The van der Waals surface area contributed by atoms with Crippen LogP contribution in [0.15, 0.2) is 51.8 Å². The van der Waals surface area contributed by atoms with E-state index < -0.39 is 5.63 Å². The third-order valence-electron chi connectivity index (χ3n) is 3.84. The molecule has 6 heteroatoms. The van der Waals surface area contributed by atoms with Crippen LogP contribution in [0.3, 0.4) is 0 Å². The monoisotopic (exact) mass is 308 g/mol. The van der Waals surface area contributed by atoms with Crippen molar-refractivity contribution in [3.05, 3.63) is 58.6 Å². The third kappa shape index (κ3) is 1.81. The highest BCUT2D eigenvalue weighted by Crippen LogP contribution is 2.37. The molecule has 4 aromatic rings. The van der Waals surface area contributed by atoms with Gasteiger partial charge in [-0.3, -0.25) is 4.40 Å². The van der Waals surface area contributed by atoms with Crippen molar-refractivity contribution in [2.45, 2.75) is 6.92 Å². The van der Waals surface area contributed by atoms with E-state index in [4.69, 9.17) is 4.42 Å². The van der Waals surface area contributed by atoms with Gasteiger partial charge in [0.25, 0.3) is 0 Å². The van der Waals surface area contributed by atoms with Gasteiger partial charge in [-0.15, -0.1) is 0 Å². The van der Waals surface area contributed by atoms with Crippen LogP contribution in [-0.4, -0.2) is 19.6 Å². The first-order valence-electron chi connectivity index (χ1n) is 6.99. The predicted molar refractivity (Wildman–Crippen MR) is 84.7 cm³/mol. The van der Waals surface area contributed by atoms with Crippen LogP contribution < -0.4 is 5.63 Å². The molecule has 1 aromatic carbocycles. The summed E-state index contributed by atoms with van der Waals surface area (Å²) in [4.78, 5) is 16.6. The first kappa shape index (κ1) is 13.4. The number of aryl methyl sites for hydroxylation is 1. The van der Waals surface area contributed by atoms with Crippen molar-refractivity contribution in [1.29, 1.82) is 0 Å². The molecule has 4 rings (SSSR count). The minimum absolute atomic E-state index is 0.00342. The zero-order chi connectivity index (χ0) is 16.1. The molecule has 114 valence electrons. The van der Waals surface area contributed by atoms with Crippen LogP contribution in [0, 0.1) is 6.92 Å². The van der Waals surface area contributed by atoms with Gasteiger partial charge in [-0.05, 0) is 30.7 Å². The molecule has 6 nitrogen and oxygen atoms in total. The van der Waals surface area contributed by atoms with Gasteiger partial charge in [0.05, 0.1) is 5.39 Å². The lowest BCUT2D eigenvalue weighted by atomic mass is 10.1. The van der Waals surface area contributed by atoms with Crippen molar-refractivity contribution in [3.8, 4) is 22.9 Å². The lowest BCUT2D eigenvalue weighted by molar-refractivity contribution is 0.446. The van der Waals surface area contributed by atoms with E-state index >= 15 is 0 Å². The molecule has 0 saturated carbocycles. The summed E-state index contributed by atoms with van der Waals surface area (Å²) in [6, 6.07) is 10.3. The molecule has 0 saturated heterocycles. The second-order valence-electron chi connectivity index (χ2n) is 5.28. The van der Waals surface area contributed by atoms with Crippen LogP contribution in [0.4, 0.5) is 0 Å². The molecule has 23 heavy (non-hydrogen) atoms. The smallest absolute Gasteiger partial charge is 0.349 e. The van der Waals surface area contributed by atoms with E-state index in [2.05, 4.69) is 4.98 Å². The van der Waals surface area contributed by atoms with E-state index in [1.54, 1.807) is 36.5 Å². The van der Waals surface area contributed by atoms with Crippen LogP contribution in [0.5, 0.6) is 11.6 Å². The molecule has 0 radical (unpaired) electrons. The molecule has 0 aliphatic rings. The van der Waals surface area contributed by atoms with Gasteiger partial charge in [-0.25, -0.2) is 9.78 Å². The van der Waals surface area contributed by atoms with E-state index in [9.17, 15) is 15.0 Å². The molecular weight excluding hydrogens is 296 g/mol. The third-order valence-corrected chi connectivity index (χ3v) is 3.84. The van der Waals surface area contributed by atoms with Crippen LogP contribution in [-0.2, 0) is 0 Å². The average molecular weight is 308 g/mol. The molecule has 0 aliphatic carbocycles. The second-order valence-corrected chi connectivity index (χ2v) is 5.28. The summed E-state index contributed by atoms with van der Waals surface area (Å²) < 4.78 is 6.69. The fourth-order valence-corrected chi connectivity index (χ4v) is 2.70. The number of rotatable bonds is 1. The van der Waals surface area contributed by atoms with Gasteiger partial charge in [0.2, 0.25) is 5.88 Å². The van der Waals surface area contributed by atoms with Crippen LogP contribution in [0.1, 0.15) is 5.56 Å². The summed E-state index contributed by atoms with van der Waals surface area (Å²) in [6.45, 7) is 1.84. The Balaban J connectivity index is 2.13. The summed E-state index contributed by atoms with van der Waals surface area (Å²) in [7, 11) is 0. The Bertz CT molecular complexity index is 1120. The van der Waals surface area contributed by atoms with Gasteiger partial charge >= 0.3 is 5.63 Å². The molecule has 0 unspecified atom stereocenters. The van der Waals surface area contributed by atoms with Gasteiger partial charge in [0, 0.05) is 6.20 Å². The number of aromatic nitrogens is 2. The normalized spacial score (nSPS) is 11.3. The summed E-state index contributed by atoms with van der Waals surface area (Å²) in [5.41, 5.74) is 0.710. The number of aromatic hydroxyl groups is 2. The summed E-state index contributed by atoms with van der Waals surface area (Å²) in [5.74, 6) is -0.477. The Morgan fingerprint density at radius 2 is 1.91 bits per heavy atom. The van der Waals surface area contributed by atoms with Crippen molar-refractivity contribution in [2.24, 2.45) is 0 Å². The Labute approximate surface area is 129 Å². The molecule has 0 fully saturated rings. The number of pyridine rings is 1. The minimum Gasteiger partial charge on any atom is -0.506 e. The van der Waals surface area contributed by atoms with Crippen molar-refractivity contribution in [1.82, 2.24) is 9.38 Å². The van der Waals surface area contributed by atoms with E-state index in [1.807, 2.05) is 13.0 Å². The highest BCUT2D eigenvalue weighted by atomic mass is 16.4. The van der Waals surface area contributed by atoms with Gasteiger partial charge in [-0.2, -0.15) is 0 Å².